The molecule has 0 aliphatic carbocycles. The van der Waals surface area contributed by atoms with E-state index in [-0.39, 0.29) is 41.6 Å². The zero-order chi connectivity index (χ0) is 41.5. The Hall–Kier alpha value is -3.22. The number of aliphatic hydroxyl groups excluding tert-OH is 2. The summed E-state index contributed by atoms with van der Waals surface area (Å²) < 4.78 is 62.1. The van der Waals surface area contributed by atoms with Crippen LogP contribution in [0.15, 0.2) is 43.0 Å². The standard InChI is InChI=1S/C28H40N7O17P3S/c1-28(2,22(38)25(39)31-9-8-18(36)30-10-11-56-27(40)16-6-4-3-5-7-16)13-49-55(46,47)52-54(44,45)48-12-17-21(51-53(41,42)43)20(37)26(50-17)35-15-34-19-23(29)32-14-33-24(19)35/h3-7,14-15,17,20-22,26,37-38H,8-13H2,1-2H3,(H,30,36)(H,31,39)(H,44,45)(H,46,47)(H2,29,32,33)(H2,41,42,43)/t17-,20-,21-,22-,26-/m1/s1. The van der Waals surface area contributed by atoms with Crippen LogP contribution in [0.5, 0.6) is 0 Å². The monoisotopic (exact) mass is 871 g/mol. The van der Waals surface area contributed by atoms with Gasteiger partial charge in [0.05, 0.1) is 19.5 Å². The number of ether oxygens (including phenoxy) is 1. The lowest BCUT2D eigenvalue weighted by atomic mass is 9.87. The van der Waals surface area contributed by atoms with Crippen molar-refractivity contribution in [3.05, 3.63) is 48.5 Å². The average molecular weight is 872 g/mol. The van der Waals surface area contributed by atoms with Crippen molar-refractivity contribution in [3.8, 4) is 0 Å². The summed E-state index contributed by atoms with van der Waals surface area (Å²) >= 11 is 1.02. The number of benzene rings is 1. The predicted octanol–water partition coefficient (Wildman–Crippen LogP) is -0.0215. The molecule has 56 heavy (non-hydrogen) atoms. The summed E-state index contributed by atoms with van der Waals surface area (Å²) in [6, 6.07) is 8.58. The molecule has 3 heterocycles. The Morgan fingerprint density at radius 3 is 2.38 bits per heavy atom. The first-order valence-corrected chi connectivity index (χ1v) is 21.7. The van der Waals surface area contributed by atoms with Gasteiger partial charge in [-0.05, 0) is 0 Å². The lowest BCUT2D eigenvalue weighted by Crippen LogP contribution is -2.46. The van der Waals surface area contributed by atoms with Crippen LogP contribution in [0, 0.1) is 5.41 Å². The molecule has 7 atom stereocenters. The van der Waals surface area contributed by atoms with Crippen molar-refractivity contribution in [2.45, 2.75) is 50.9 Å². The highest BCUT2D eigenvalue weighted by atomic mass is 32.2. The van der Waals surface area contributed by atoms with Crippen LogP contribution in [0.1, 0.15) is 36.9 Å². The molecule has 1 aliphatic rings. The molecule has 1 saturated heterocycles. The number of anilines is 1. The van der Waals surface area contributed by atoms with Crippen LogP contribution < -0.4 is 16.4 Å². The van der Waals surface area contributed by atoms with Crippen LogP contribution in [0.25, 0.3) is 11.2 Å². The summed E-state index contributed by atoms with van der Waals surface area (Å²) in [6.45, 7) is 0.448. The Labute approximate surface area is 321 Å². The summed E-state index contributed by atoms with van der Waals surface area (Å²) in [5.74, 6) is -1.17. The number of nitrogens with one attached hydrogen (secondary N) is 2. The van der Waals surface area contributed by atoms with Crippen LogP contribution in [-0.2, 0) is 45.9 Å². The van der Waals surface area contributed by atoms with Crippen LogP contribution in [0.3, 0.4) is 0 Å². The van der Waals surface area contributed by atoms with E-state index >= 15 is 0 Å². The number of phosphoric acid groups is 3. The van der Waals surface area contributed by atoms with E-state index < -0.39 is 84.6 Å². The second kappa shape index (κ2) is 19.0. The van der Waals surface area contributed by atoms with Gasteiger partial charge in [-0.3, -0.25) is 32.5 Å². The number of amides is 2. The molecule has 4 rings (SSSR count). The highest BCUT2D eigenvalue weighted by molar-refractivity contribution is 8.14. The first-order chi connectivity index (χ1) is 26.1. The van der Waals surface area contributed by atoms with E-state index in [0.717, 1.165) is 29.0 Å². The van der Waals surface area contributed by atoms with Crippen molar-refractivity contribution in [2.75, 3.05) is 37.8 Å². The molecule has 2 aromatic heterocycles. The first-order valence-electron chi connectivity index (χ1n) is 16.2. The van der Waals surface area contributed by atoms with Gasteiger partial charge in [-0.25, -0.2) is 28.6 Å². The minimum Gasteiger partial charge on any atom is -0.386 e. The molecule has 0 saturated carbocycles. The highest BCUT2D eigenvalue weighted by Crippen LogP contribution is 2.61. The van der Waals surface area contributed by atoms with Gasteiger partial charge in [0.1, 0.15) is 36.3 Å². The van der Waals surface area contributed by atoms with Crippen LogP contribution in [0.2, 0.25) is 0 Å². The van der Waals surface area contributed by atoms with Gasteiger partial charge in [0.15, 0.2) is 17.7 Å². The number of rotatable bonds is 20. The molecule has 1 aromatic carbocycles. The lowest BCUT2D eigenvalue weighted by molar-refractivity contribution is -0.137. The van der Waals surface area contributed by atoms with Gasteiger partial charge in [0.2, 0.25) is 16.9 Å². The number of thioether (sulfide) groups is 1. The van der Waals surface area contributed by atoms with Gasteiger partial charge in [0.25, 0.3) is 0 Å². The third-order valence-corrected chi connectivity index (χ3v) is 11.8. The van der Waals surface area contributed by atoms with Crippen LogP contribution >= 0.6 is 35.2 Å². The molecule has 10 N–H and O–H groups in total. The molecule has 3 aromatic rings. The molecular weight excluding hydrogens is 831 g/mol. The van der Waals surface area contributed by atoms with E-state index in [1.807, 2.05) is 0 Å². The lowest BCUT2D eigenvalue weighted by Gasteiger charge is -2.30. The highest BCUT2D eigenvalue weighted by Gasteiger charge is 2.50. The zero-order valence-electron chi connectivity index (χ0n) is 29.5. The minimum atomic E-state index is -5.57. The summed E-state index contributed by atoms with van der Waals surface area (Å²) in [4.78, 5) is 87.7. The van der Waals surface area contributed by atoms with Crippen molar-refractivity contribution in [1.29, 1.82) is 0 Å². The van der Waals surface area contributed by atoms with Crippen LogP contribution in [-0.4, -0.2) is 123 Å². The first kappa shape index (κ1) is 45.5. The number of hydrogen-bond donors (Lipinski definition) is 9. The molecule has 1 fully saturated rings. The minimum absolute atomic E-state index is 0.0292. The Kier molecular flexibility index (Phi) is 15.4. The summed E-state index contributed by atoms with van der Waals surface area (Å²) in [7, 11) is -16.4. The maximum Gasteiger partial charge on any atom is 0.481 e. The fraction of sp³-hybridized carbons (Fsp3) is 0.500. The van der Waals surface area contributed by atoms with Gasteiger partial charge < -0.3 is 50.9 Å². The normalized spacial score (nSPS) is 21.6. The second-order valence-corrected chi connectivity index (χ2v) is 17.9. The van der Waals surface area contributed by atoms with Crippen molar-refractivity contribution in [2.24, 2.45) is 5.41 Å². The SMILES string of the molecule is CC(C)(COP(=O)(O)OP(=O)(O)OC[C@H]1O[C@@H](n2cnc3c(N)ncnc32)[C@H](O)[C@@H]1OP(=O)(O)O)[C@H](O)C(=O)NCCC(=O)NCCSC(=O)c1ccccc1. The number of nitrogens with two attached hydrogens (primary N) is 1. The largest absolute Gasteiger partial charge is 0.481 e. The van der Waals surface area contributed by atoms with E-state index in [1.54, 1.807) is 30.3 Å². The van der Waals surface area contributed by atoms with Crippen molar-refractivity contribution >= 4 is 69.1 Å². The number of imidazole rings is 1. The zero-order valence-corrected chi connectivity index (χ0v) is 33.0. The molecule has 310 valence electrons. The number of carbonyl (C=O) groups excluding carboxylic acids is 3. The van der Waals surface area contributed by atoms with E-state index in [2.05, 4.69) is 34.4 Å². The third-order valence-electron chi connectivity index (χ3n) is 7.74. The molecule has 0 radical (unpaired) electrons. The smallest absolute Gasteiger partial charge is 0.386 e. The number of aromatic nitrogens is 4. The van der Waals surface area contributed by atoms with Gasteiger partial charge in [-0.2, -0.15) is 4.31 Å². The number of nitrogen functional groups attached to an aromatic ring is 1. The Balaban J connectivity index is 1.23. The molecule has 1 aliphatic heterocycles. The molecular formula is C28H40N7O17P3S. The number of fused-ring (bicyclic) bond motifs is 1. The Morgan fingerprint density at radius 1 is 1.02 bits per heavy atom. The molecule has 0 spiro atoms. The molecule has 0 bridgehead atoms. The number of aliphatic hydroxyl groups is 2. The quantitative estimate of drug-likeness (QED) is 0.0532. The van der Waals surface area contributed by atoms with E-state index in [9.17, 15) is 57.9 Å². The van der Waals surface area contributed by atoms with Gasteiger partial charge in [0, 0.05) is 36.2 Å². The molecule has 2 amide bonds. The molecule has 2 unspecified atom stereocenters. The van der Waals surface area contributed by atoms with Crippen molar-refractivity contribution in [1.82, 2.24) is 30.2 Å². The summed E-state index contributed by atoms with van der Waals surface area (Å²) in [5, 5.41) is 26.2. The van der Waals surface area contributed by atoms with E-state index in [0.29, 0.717) is 11.3 Å². The van der Waals surface area contributed by atoms with Gasteiger partial charge in [-0.15, -0.1) is 0 Å². The average Bonchev–Trinajstić information content (AvgIpc) is 3.68. The number of hydrogen-bond acceptors (Lipinski definition) is 18. The third kappa shape index (κ3) is 12.9. The Morgan fingerprint density at radius 2 is 1.70 bits per heavy atom. The van der Waals surface area contributed by atoms with Gasteiger partial charge >= 0.3 is 23.5 Å². The molecule has 28 heteroatoms. The maximum atomic E-state index is 12.7. The predicted molar refractivity (Wildman–Crippen MR) is 193 cm³/mol. The van der Waals surface area contributed by atoms with Crippen LogP contribution in [0.4, 0.5) is 5.82 Å². The number of phosphoric ester groups is 3. The van der Waals surface area contributed by atoms with E-state index in [1.165, 1.54) is 13.8 Å². The number of carbonyl (C=O) groups is 3. The fourth-order valence-electron chi connectivity index (χ4n) is 4.93. The second-order valence-electron chi connectivity index (χ2n) is 12.6. The van der Waals surface area contributed by atoms with Crippen molar-refractivity contribution < 1.29 is 80.5 Å². The maximum absolute atomic E-state index is 12.7. The van der Waals surface area contributed by atoms with Gasteiger partial charge in [-0.1, -0.05) is 55.9 Å². The summed E-state index contributed by atoms with van der Waals surface area (Å²) in [6.07, 6.45) is -6.94. The van der Waals surface area contributed by atoms with Crippen molar-refractivity contribution in [3.63, 3.8) is 0 Å². The molecule has 24 nitrogen and oxygen atoms in total. The topological polar surface area (TPSA) is 364 Å². The van der Waals surface area contributed by atoms with E-state index in [4.69, 9.17) is 19.5 Å². The summed E-state index contributed by atoms with van der Waals surface area (Å²) in [5.41, 5.74) is 4.78. The Bertz CT molecular complexity index is 2000. The fourth-order valence-corrected chi connectivity index (χ4v) is 8.45. The number of nitrogens with zero attached hydrogens (tertiary/aromatic N) is 4.